The molecule has 2 aromatic rings. The number of nitriles is 1. The molecule has 0 N–H and O–H groups in total. The van der Waals surface area contributed by atoms with Crippen molar-refractivity contribution in [3.63, 3.8) is 0 Å². The zero-order chi connectivity index (χ0) is 17.4. The van der Waals surface area contributed by atoms with E-state index in [1.807, 2.05) is 30.3 Å². The number of amides is 1. The number of carbonyl (C=O) groups excluding carboxylic acids is 1. The highest BCUT2D eigenvalue weighted by Gasteiger charge is 2.18. The lowest BCUT2D eigenvalue weighted by atomic mass is 10.1. The first-order valence-electron chi connectivity index (χ1n) is 7.61. The van der Waals surface area contributed by atoms with Gasteiger partial charge in [-0.15, -0.1) is 0 Å². The number of hydrogen-bond acceptors (Lipinski definition) is 4. The summed E-state index contributed by atoms with van der Waals surface area (Å²) in [6, 6.07) is 16.9. The van der Waals surface area contributed by atoms with Gasteiger partial charge in [0.1, 0.15) is 0 Å². The molecule has 0 spiro atoms. The molecule has 0 unspecified atom stereocenters. The van der Waals surface area contributed by atoms with Gasteiger partial charge in [-0.25, -0.2) is 0 Å². The highest BCUT2D eigenvalue weighted by Crippen LogP contribution is 2.28. The fourth-order valence-corrected chi connectivity index (χ4v) is 2.39. The second-order valence-corrected chi connectivity index (χ2v) is 5.19. The van der Waals surface area contributed by atoms with E-state index in [1.165, 1.54) is 7.11 Å². The third-order valence-electron chi connectivity index (χ3n) is 3.63. The molecule has 0 aliphatic rings. The van der Waals surface area contributed by atoms with Crippen LogP contribution in [-0.4, -0.2) is 31.6 Å². The average Bonchev–Trinajstić information content (AvgIpc) is 2.64. The van der Waals surface area contributed by atoms with E-state index in [1.54, 1.807) is 30.2 Å². The molecular weight excluding hydrogens is 304 g/mol. The molecule has 0 aliphatic carbocycles. The van der Waals surface area contributed by atoms with Crippen molar-refractivity contribution in [1.82, 2.24) is 4.90 Å². The summed E-state index contributed by atoms with van der Waals surface area (Å²) in [5.41, 5.74) is 1.52. The monoisotopic (exact) mass is 324 g/mol. The van der Waals surface area contributed by atoms with Crippen molar-refractivity contribution in [2.75, 3.05) is 20.8 Å². The van der Waals surface area contributed by atoms with Crippen LogP contribution in [0.15, 0.2) is 48.5 Å². The van der Waals surface area contributed by atoms with Gasteiger partial charge >= 0.3 is 0 Å². The molecule has 0 radical (unpaired) electrons. The van der Waals surface area contributed by atoms with Crippen molar-refractivity contribution < 1.29 is 14.3 Å². The van der Waals surface area contributed by atoms with Crippen LogP contribution in [0.25, 0.3) is 0 Å². The Hall–Kier alpha value is -3.00. The van der Waals surface area contributed by atoms with Gasteiger partial charge < -0.3 is 14.4 Å². The molecule has 1 amide bonds. The predicted molar refractivity (Wildman–Crippen MR) is 91.0 cm³/mol. The van der Waals surface area contributed by atoms with Crippen LogP contribution in [0.1, 0.15) is 22.3 Å². The first-order valence-corrected chi connectivity index (χ1v) is 7.61. The maximum absolute atomic E-state index is 12.8. The van der Waals surface area contributed by atoms with Gasteiger partial charge in [0.05, 0.1) is 26.7 Å². The van der Waals surface area contributed by atoms with E-state index < -0.39 is 0 Å². The minimum Gasteiger partial charge on any atom is -0.493 e. The summed E-state index contributed by atoms with van der Waals surface area (Å²) in [5.74, 6) is 0.930. The molecule has 0 fully saturated rings. The van der Waals surface area contributed by atoms with E-state index in [-0.39, 0.29) is 12.3 Å². The topological polar surface area (TPSA) is 62.6 Å². The Morgan fingerprint density at radius 3 is 2.42 bits per heavy atom. The van der Waals surface area contributed by atoms with E-state index in [4.69, 9.17) is 14.7 Å². The zero-order valence-electron chi connectivity index (χ0n) is 13.9. The molecule has 0 atom stereocenters. The van der Waals surface area contributed by atoms with E-state index in [0.717, 1.165) is 5.56 Å². The standard InChI is InChI=1S/C19H20N2O3/c1-23-17-10-9-16(13-18(17)24-2)19(22)21(12-6-11-20)14-15-7-4-3-5-8-15/h3-5,7-10,13H,6,12,14H2,1-2H3. The Bertz CT molecular complexity index is 723. The summed E-state index contributed by atoms with van der Waals surface area (Å²) in [6.07, 6.45) is 0.284. The van der Waals surface area contributed by atoms with Crippen molar-refractivity contribution in [2.24, 2.45) is 0 Å². The Kier molecular flexibility index (Phi) is 6.21. The number of nitrogens with zero attached hydrogens (tertiary/aromatic N) is 2. The van der Waals surface area contributed by atoms with Gasteiger partial charge in [-0.1, -0.05) is 30.3 Å². The minimum absolute atomic E-state index is 0.143. The van der Waals surface area contributed by atoms with Crippen LogP contribution >= 0.6 is 0 Å². The first-order chi connectivity index (χ1) is 11.7. The molecule has 2 rings (SSSR count). The van der Waals surface area contributed by atoms with Crippen LogP contribution in [-0.2, 0) is 6.54 Å². The second kappa shape index (κ2) is 8.59. The Labute approximate surface area is 142 Å². The summed E-state index contributed by atoms with van der Waals surface area (Å²) < 4.78 is 10.5. The number of methoxy groups -OCH3 is 2. The lowest BCUT2D eigenvalue weighted by Gasteiger charge is -2.22. The van der Waals surface area contributed by atoms with Gasteiger partial charge in [-0.3, -0.25) is 4.79 Å². The molecule has 0 saturated carbocycles. The predicted octanol–water partition coefficient (Wildman–Crippen LogP) is 3.26. The minimum atomic E-state index is -0.143. The van der Waals surface area contributed by atoms with Crippen molar-refractivity contribution >= 4 is 5.91 Å². The van der Waals surface area contributed by atoms with Gasteiger partial charge in [0, 0.05) is 18.7 Å². The third-order valence-corrected chi connectivity index (χ3v) is 3.63. The normalized spacial score (nSPS) is 9.88. The van der Waals surface area contributed by atoms with Crippen LogP contribution in [0.5, 0.6) is 11.5 Å². The molecule has 5 heteroatoms. The highest BCUT2D eigenvalue weighted by atomic mass is 16.5. The average molecular weight is 324 g/mol. The van der Waals surface area contributed by atoms with Crippen LogP contribution in [0.3, 0.4) is 0 Å². The summed E-state index contributed by atoms with van der Waals surface area (Å²) in [6.45, 7) is 0.828. The van der Waals surface area contributed by atoms with E-state index in [9.17, 15) is 4.79 Å². The zero-order valence-corrected chi connectivity index (χ0v) is 13.9. The van der Waals surface area contributed by atoms with E-state index in [2.05, 4.69) is 6.07 Å². The Morgan fingerprint density at radius 1 is 1.08 bits per heavy atom. The van der Waals surface area contributed by atoms with Crippen LogP contribution in [0.4, 0.5) is 0 Å². The molecule has 5 nitrogen and oxygen atoms in total. The molecule has 0 saturated heterocycles. The fourth-order valence-electron chi connectivity index (χ4n) is 2.39. The molecule has 0 aromatic heterocycles. The molecule has 2 aromatic carbocycles. The summed E-state index contributed by atoms with van der Waals surface area (Å²) in [5, 5.41) is 8.86. The van der Waals surface area contributed by atoms with Crippen LogP contribution in [0.2, 0.25) is 0 Å². The summed E-state index contributed by atoms with van der Waals surface area (Å²) >= 11 is 0. The number of carbonyl (C=O) groups is 1. The number of hydrogen-bond donors (Lipinski definition) is 0. The molecule has 0 aliphatic heterocycles. The Balaban J connectivity index is 2.25. The SMILES string of the molecule is COc1ccc(C(=O)N(CCC#N)Cc2ccccc2)cc1OC. The number of rotatable bonds is 7. The third kappa shape index (κ3) is 4.26. The molecule has 0 heterocycles. The fraction of sp³-hybridized carbons (Fsp3) is 0.263. The van der Waals surface area contributed by atoms with Gasteiger partial charge in [0.15, 0.2) is 11.5 Å². The largest absolute Gasteiger partial charge is 0.493 e. The van der Waals surface area contributed by atoms with Gasteiger partial charge in [0.2, 0.25) is 0 Å². The maximum atomic E-state index is 12.8. The lowest BCUT2D eigenvalue weighted by molar-refractivity contribution is 0.0746. The molecular formula is C19H20N2O3. The van der Waals surface area contributed by atoms with E-state index in [0.29, 0.717) is 30.2 Å². The van der Waals surface area contributed by atoms with Crippen molar-refractivity contribution in [2.45, 2.75) is 13.0 Å². The summed E-state index contributed by atoms with van der Waals surface area (Å²) in [4.78, 5) is 14.5. The Morgan fingerprint density at radius 2 is 1.79 bits per heavy atom. The first kappa shape index (κ1) is 17.4. The van der Waals surface area contributed by atoms with Gasteiger partial charge in [-0.05, 0) is 23.8 Å². The van der Waals surface area contributed by atoms with Crippen molar-refractivity contribution in [1.29, 1.82) is 5.26 Å². The number of benzene rings is 2. The van der Waals surface area contributed by atoms with Crippen molar-refractivity contribution in [3.05, 3.63) is 59.7 Å². The maximum Gasteiger partial charge on any atom is 0.254 e. The second-order valence-electron chi connectivity index (χ2n) is 5.19. The molecule has 124 valence electrons. The lowest BCUT2D eigenvalue weighted by Crippen LogP contribution is -2.31. The smallest absolute Gasteiger partial charge is 0.254 e. The van der Waals surface area contributed by atoms with Crippen molar-refractivity contribution in [3.8, 4) is 17.6 Å². The summed E-state index contributed by atoms with van der Waals surface area (Å²) in [7, 11) is 3.08. The van der Waals surface area contributed by atoms with Gasteiger partial charge in [-0.2, -0.15) is 5.26 Å². The quantitative estimate of drug-likeness (QED) is 0.784. The van der Waals surface area contributed by atoms with E-state index >= 15 is 0 Å². The number of ether oxygens (including phenoxy) is 2. The van der Waals surface area contributed by atoms with Crippen LogP contribution < -0.4 is 9.47 Å². The van der Waals surface area contributed by atoms with Gasteiger partial charge in [0.25, 0.3) is 5.91 Å². The van der Waals surface area contributed by atoms with Crippen LogP contribution in [0, 0.1) is 11.3 Å². The molecule has 0 bridgehead atoms. The molecule has 24 heavy (non-hydrogen) atoms. The highest BCUT2D eigenvalue weighted by molar-refractivity contribution is 5.95.